The quantitative estimate of drug-likeness (QED) is 0.115. The van der Waals surface area contributed by atoms with E-state index in [4.69, 9.17) is 28.9 Å². The number of halogens is 2. The van der Waals surface area contributed by atoms with Gasteiger partial charge in [-0.15, -0.1) is 13.2 Å². The fraction of sp³-hybridized carbons (Fsp3) is 0.439. The molecule has 0 bridgehead atoms. The zero-order valence-electron chi connectivity index (χ0n) is 32.2. The maximum atomic E-state index is 12.5. The summed E-state index contributed by atoms with van der Waals surface area (Å²) in [4.78, 5) is 24.4. The molecule has 0 amide bonds. The summed E-state index contributed by atoms with van der Waals surface area (Å²) in [5.74, 6) is -0.0972. The van der Waals surface area contributed by atoms with Crippen molar-refractivity contribution in [2.75, 3.05) is 35.5 Å². The number of esters is 1. The zero-order valence-corrected chi connectivity index (χ0v) is 35.4. The van der Waals surface area contributed by atoms with E-state index in [-0.39, 0.29) is 23.7 Å². The SMILES string of the molecule is C=C(C)CC[C@@H](C(=O)O)[C@@H](/C=C/C)c1c(OC)cc(Br)cc1OC.C=C(C)CC[C@@H](C(=O)OC)[C@@H](/C=C/C)c1c(OC)cc(Br)cc1OC.CC#N. The predicted molar refractivity (Wildman–Crippen MR) is 216 cm³/mol. The normalized spacial score (nSPS) is 12.8. The van der Waals surface area contributed by atoms with Crippen molar-refractivity contribution in [2.24, 2.45) is 11.8 Å². The molecule has 0 aliphatic rings. The first-order valence-electron chi connectivity index (χ1n) is 16.6. The molecule has 0 fully saturated rings. The second-order valence-electron chi connectivity index (χ2n) is 11.8. The summed E-state index contributed by atoms with van der Waals surface area (Å²) in [5, 5.41) is 17.1. The maximum Gasteiger partial charge on any atom is 0.309 e. The summed E-state index contributed by atoms with van der Waals surface area (Å²) in [6.07, 6.45) is 10.2. The van der Waals surface area contributed by atoms with Gasteiger partial charge in [-0.05, 0) is 77.6 Å². The minimum Gasteiger partial charge on any atom is -0.496 e. The molecular formula is C41H55Br2NO8. The van der Waals surface area contributed by atoms with Gasteiger partial charge >= 0.3 is 11.9 Å². The third-order valence-corrected chi connectivity index (χ3v) is 8.85. The second-order valence-corrected chi connectivity index (χ2v) is 13.7. The number of aliphatic carboxylic acids is 1. The molecule has 4 atom stereocenters. The number of benzene rings is 2. The van der Waals surface area contributed by atoms with Crippen molar-refractivity contribution in [2.45, 2.75) is 72.1 Å². The fourth-order valence-electron chi connectivity index (χ4n) is 5.60. The van der Waals surface area contributed by atoms with Gasteiger partial charge in [0.05, 0.1) is 53.5 Å². The van der Waals surface area contributed by atoms with Gasteiger partial charge in [0, 0.05) is 38.8 Å². The molecule has 0 saturated carbocycles. The van der Waals surface area contributed by atoms with E-state index in [1.807, 2.05) is 76.3 Å². The number of hydrogen-bond donors (Lipinski definition) is 1. The smallest absolute Gasteiger partial charge is 0.309 e. The van der Waals surface area contributed by atoms with E-state index in [0.29, 0.717) is 42.3 Å². The maximum absolute atomic E-state index is 12.5. The van der Waals surface area contributed by atoms with E-state index in [2.05, 4.69) is 45.0 Å². The minimum atomic E-state index is -0.841. The number of carboxylic acid groups (broad SMARTS) is 1. The van der Waals surface area contributed by atoms with Gasteiger partial charge in [0.25, 0.3) is 0 Å². The highest BCUT2D eigenvalue weighted by atomic mass is 79.9. The van der Waals surface area contributed by atoms with Gasteiger partial charge in [0.1, 0.15) is 23.0 Å². The largest absolute Gasteiger partial charge is 0.496 e. The molecule has 286 valence electrons. The van der Waals surface area contributed by atoms with E-state index < -0.39 is 11.9 Å². The summed E-state index contributed by atoms with van der Waals surface area (Å²) in [6.45, 7) is 16.9. The average molecular weight is 850 g/mol. The lowest BCUT2D eigenvalue weighted by molar-refractivity contribution is -0.146. The number of allylic oxidation sites excluding steroid dienone is 6. The van der Waals surface area contributed by atoms with Crippen LogP contribution in [0.25, 0.3) is 0 Å². The molecule has 0 aliphatic carbocycles. The monoisotopic (exact) mass is 847 g/mol. The van der Waals surface area contributed by atoms with Gasteiger partial charge in [0.15, 0.2) is 0 Å². The Morgan fingerprint density at radius 2 is 1.06 bits per heavy atom. The van der Waals surface area contributed by atoms with Crippen molar-refractivity contribution in [1.29, 1.82) is 5.26 Å². The van der Waals surface area contributed by atoms with E-state index in [1.165, 1.54) is 14.0 Å². The first-order chi connectivity index (χ1) is 24.7. The lowest BCUT2D eigenvalue weighted by atomic mass is 9.81. The van der Waals surface area contributed by atoms with Crippen LogP contribution in [-0.4, -0.2) is 52.6 Å². The molecule has 9 nitrogen and oxygen atoms in total. The molecule has 0 aromatic heterocycles. The van der Waals surface area contributed by atoms with Gasteiger partial charge in [-0.25, -0.2) is 0 Å². The van der Waals surface area contributed by atoms with Gasteiger partial charge in [-0.2, -0.15) is 5.26 Å². The third-order valence-electron chi connectivity index (χ3n) is 7.94. The Morgan fingerprint density at radius 1 is 0.750 bits per heavy atom. The van der Waals surface area contributed by atoms with Crippen LogP contribution in [0.15, 0.2) is 81.8 Å². The molecule has 0 radical (unpaired) electrons. The molecule has 0 unspecified atom stereocenters. The highest BCUT2D eigenvalue weighted by Crippen LogP contribution is 2.45. The van der Waals surface area contributed by atoms with Crippen LogP contribution in [0.2, 0.25) is 0 Å². The van der Waals surface area contributed by atoms with E-state index in [1.54, 1.807) is 34.5 Å². The second kappa shape index (κ2) is 25.9. The van der Waals surface area contributed by atoms with Crippen molar-refractivity contribution < 1.29 is 38.4 Å². The van der Waals surface area contributed by atoms with E-state index in [9.17, 15) is 14.7 Å². The van der Waals surface area contributed by atoms with Gasteiger partial charge in [-0.1, -0.05) is 67.3 Å². The molecule has 2 aromatic rings. The summed E-state index contributed by atoms with van der Waals surface area (Å²) in [7, 11) is 7.78. The van der Waals surface area contributed by atoms with Crippen molar-refractivity contribution in [3.63, 3.8) is 0 Å². The van der Waals surface area contributed by atoms with Gasteiger partial charge in [0.2, 0.25) is 0 Å². The predicted octanol–water partition coefficient (Wildman–Crippen LogP) is 11.0. The molecule has 0 spiro atoms. The Kier molecular flexibility index (Phi) is 23.9. The van der Waals surface area contributed by atoms with Crippen LogP contribution >= 0.6 is 31.9 Å². The van der Waals surface area contributed by atoms with Gasteiger partial charge < -0.3 is 28.8 Å². The highest BCUT2D eigenvalue weighted by Gasteiger charge is 2.34. The van der Waals surface area contributed by atoms with Crippen LogP contribution in [0.4, 0.5) is 0 Å². The summed E-state index contributed by atoms with van der Waals surface area (Å²) in [6, 6.07) is 9.15. The number of carbonyl (C=O) groups is 2. The van der Waals surface area contributed by atoms with Crippen molar-refractivity contribution >= 4 is 43.8 Å². The van der Waals surface area contributed by atoms with Crippen LogP contribution in [0, 0.1) is 23.2 Å². The Hall–Kier alpha value is -4.01. The van der Waals surface area contributed by atoms with E-state index in [0.717, 1.165) is 37.6 Å². The first-order valence-corrected chi connectivity index (χ1v) is 18.2. The van der Waals surface area contributed by atoms with Crippen LogP contribution < -0.4 is 18.9 Å². The lowest BCUT2D eigenvalue weighted by Gasteiger charge is -2.26. The molecule has 11 heteroatoms. The summed E-state index contributed by atoms with van der Waals surface area (Å²) in [5.41, 5.74) is 3.58. The summed E-state index contributed by atoms with van der Waals surface area (Å²) >= 11 is 6.89. The number of nitrogens with zero attached hydrogens (tertiary/aromatic N) is 1. The molecule has 0 aliphatic heterocycles. The molecule has 0 saturated heterocycles. The molecule has 1 N–H and O–H groups in total. The summed E-state index contributed by atoms with van der Waals surface area (Å²) < 4.78 is 28.9. The van der Waals surface area contributed by atoms with Crippen LogP contribution in [0.3, 0.4) is 0 Å². The lowest BCUT2D eigenvalue weighted by Crippen LogP contribution is -2.24. The number of nitriles is 1. The number of methoxy groups -OCH3 is 5. The Morgan fingerprint density at radius 3 is 1.31 bits per heavy atom. The Balaban J connectivity index is 0.000000930. The molecule has 52 heavy (non-hydrogen) atoms. The zero-order chi connectivity index (χ0) is 40.0. The number of ether oxygens (including phenoxy) is 5. The third kappa shape index (κ3) is 15.3. The molecule has 2 rings (SSSR count). The average Bonchev–Trinajstić information content (AvgIpc) is 3.10. The van der Waals surface area contributed by atoms with Crippen molar-refractivity contribution in [1.82, 2.24) is 0 Å². The van der Waals surface area contributed by atoms with Crippen molar-refractivity contribution in [3.05, 3.63) is 92.9 Å². The standard InChI is InChI=1S/C20H27BrO4.C19H25BrO4.C2H3N/c1-7-8-15(16(20(22)25-6)10-9-13(2)3)19-17(23-4)11-14(21)12-18(19)24-5;1-6-7-14(15(19(21)22)9-8-12(2)3)18-16(23-4)10-13(20)11-17(18)24-5;1-2-3/h7-8,11-12,15-16H,2,9-10H2,1,3-6H3;6-7,10-11,14-15H,2,8-9H2,1,3-5H3,(H,21,22);1H3/b8-7+;7-6+;/t15-,16-;14-,15-;/m11./s1. The Bertz CT molecular complexity index is 1530. The van der Waals surface area contributed by atoms with Crippen LogP contribution in [-0.2, 0) is 14.3 Å². The van der Waals surface area contributed by atoms with Crippen LogP contribution in [0.1, 0.15) is 83.3 Å². The topological polar surface area (TPSA) is 124 Å². The first kappa shape index (κ1) is 48.0. The highest BCUT2D eigenvalue weighted by molar-refractivity contribution is 9.10. The van der Waals surface area contributed by atoms with Gasteiger partial charge in [-0.3, -0.25) is 9.59 Å². The molecule has 2 aromatic carbocycles. The Labute approximate surface area is 327 Å². The molecule has 0 heterocycles. The number of carbonyl (C=O) groups excluding carboxylic acids is 1. The fourth-order valence-corrected chi connectivity index (χ4v) is 6.44. The number of carboxylic acids is 1. The van der Waals surface area contributed by atoms with Crippen LogP contribution in [0.5, 0.6) is 23.0 Å². The molecular weight excluding hydrogens is 794 g/mol. The van der Waals surface area contributed by atoms with E-state index >= 15 is 0 Å². The number of rotatable bonds is 18. The number of hydrogen-bond acceptors (Lipinski definition) is 8. The minimum absolute atomic E-state index is 0.227. The van der Waals surface area contributed by atoms with Crippen molar-refractivity contribution in [3.8, 4) is 29.1 Å².